The summed E-state index contributed by atoms with van der Waals surface area (Å²) in [5, 5.41) is 20.1. The Labute approximate surface area is 145 Å². The zero-order valence-electron chi connectivity index (χ0n) is 18.9. The van der Waals surface area contributed by atoms with E-state index in [0.29, 0.717) is 12.0 Å². The number of aryl methyl sites for hydroxylation is 1. The van der Waals surface area contributed by atoms with Crippen molar-refractivity contribution in [2.75, 3.05) is 0 Å². The molecule has 0 saturated carbocycles. The monoisotopic (exact) mass is 322 g/mol. The Morgan fingerprint density at radius 2 is 2.26 bits per heavy atom. The third kappa shape index (κ3) is 2.71. The third-order valence-electron chi connectivity index (χ3n) is 4.66. The van der Waals surface area contributed by atoms with Crippen LogP contribution in [-0.2, 0) is 11.2 Å². The number of rotatable bonds is 3. The van der Waals surface area contributed by atoms with Crippen LogP contribution in [-0.4, -0.2) is 21.8 Å². The highest BCUT2D eigenvalue weighted by Crippen LogP contribution is 2.53. The van der Waals surface area contributed by atoms with Gasteiger partial charge in [-0.2, -0.15) is 0 Å². The SMILES string of the molecule is [2H]C([2H])([2H])C1(C([2H])([2H])[2H])Oc2cc(CCC)cc(O)c2[C@@H]2C=C(C(=O)O)CC[C@H]21. The number of benzene rings is 1. The van der Waals surface area contributed by atoms with Crippen molar-refractivity contribution in [2.24, 2.45) is 5.92 Å². The van der Waals surface area contributed by atoms with E-state index in [9.17, 15) is 15.0 Å². The van der Waals surface area contributed by atoms with Gasteiger partial charge in [0.25, 0.3) is 0 Å². The number of carboxylic acids is 1. The smallest absolute Gasteiger partial charge is 0.331 e. The van der Waals surface area contributed by atoms with Gasteiger partial charge in [0.05, 0.1) is 0 Å². The van der Waals surface area contributed by atoms with Gasteiger partial charge in [-0.1, -0.05) is 19.4 Å². The zero-order valence-corrected chi connectivity index (χ0v) is 12.9. The van der Waals surface area contributed by atoms with E-state index in [2.05, 4.69) is 0 Å². The maximum absolute atomic E-state index is 11.5. The number of hydrogen-bond acceptors (Lipinski definition) is 3. The summed E-state index contributed by atoms with van der Waals surface area (Å²) in [7, 11) is 0. The van der Waals surface area contributed by atoms with Gasteiger partial charge >= 0.3 is 5.97 Å². The highest BCUT2D eigenvalue weighted by atomic mass is 16.5. The molecule has 2 aliphatic rings. The van der Waals surface area contributed by atoms with Gasteiger partial charge in [-0.15, -0.1) is 0 Å². The molecule has 1 aliphatic heterocycles. The molecule has 0 radical (unpaired) electrons. The van der Waals surface area contributed by atoms with Gasteiger partial charge in [-0.25, -0.2) is 4.79 Å². The van der Waals surface area contributed by atoms with Crippen molar-refractivity contribution < 1.29 is 28.0 Å². The first-order valence-corrected chi connectivity index (χ1v) is 7.82. The van der Waals surface area contributed by atoms with Crippen LogP contribution in [0.25, 0.3) is 0 Å². The summed E-state index contributed by atoms with van der Waals surface area (Å²) in [6, 6.07) is 3.10. The number of phenols is 1. The molecule has 1 aromatic carbocycles. The number of ether oxygens (including phenoxy) is 1. The van der Waals surface area contributed by atoms with E-state index < -0.39 is 37.1 Å². The van der Waals surface area contributed by atoms with Gasteiger partial charge in [0.15, 0.2) is 0 Å². The van der Waals surface area contributed by atoms with Crippen molar-refractivity contribution in [2.45, 2.75) is 57.8 Å². The summed E-state index contributed by atoms with van der Waals surface area (Å²) < 4.78 is 54.2. The molecule has 2 N–H and O–H groups in total. The molecular weight excluding hydrogens is 292 g/mol. The van der Waals surface area contributed by atoms with Gasteiger partial charge in [0.1, 0.15) is 17.1 Å². The second-order valence-electron chi connectivity index (χ2n) is 6.28. The van der Waals surface area contributed by atoms with Gasteiger partial charge in [0, 0.05) is 31.2 Å². The Hall–Kier alpha value is -1.97. The van der Waals surface area contributed by atoms with E-state index in [1.807, 2.05) is 6.92 Å². The maximum Gasteiger partial charge on any atom is 0.331 e. The Balaban J connectivity index is 2.32. The fourth-order valence-corrected chi connectivity index (χ4v) is 3.59. The molecule has 0 amide bonds. The molecule has 23 heavy (non-hydrogen) atoms. The lowest BCUT2D eigenvalue weighted by atomic mass is 9.67. The van der Waals surface area contributed by atoms with Gasteiger partial charge in [-0.05, 0) is 50.7 Å². The summed E-state index contributed by atoms with van der Waals surface area (Å²) in [5.74, 6) is -3.23. The molecule has 0 spiro atoms. The molecule has 0 saturated heterocycles. The quantitative estimate of drug-likeness (QED) is 0.882. The molecular formula is C19H24O4. The maximum atomic E-state index is 11.5. The normalized spacial score (nSPS) is 29.9. The lowest BCUT2D eigenvalue weighted by Gasteiger charge is -2.46. The highest BCUT2D eigenvalue weighted by Gasteiger charge is 2.46. The Bertz CT molecular complexity index is 841. The van der Waals surface area contributed by atoms with E-state index in [0.717, 1.165) is 6.42 Å². The lowest BCUT2D eigenvalue weighted by molar-refractivity contribution is -0.133. The van der Waals surface area contributed by atoms with Gasteiger partial charge in [-0.3, -0.25) is 0 Å². The second-order valence-corrected chi connectivity index (χ2v) is 6.28. The van der Waals surface area contributed by atoms with E-state index in [1.54, 1.807) is 12.1 Å². The van der Waals surface area contributed by atoms with E-state index in [4.69, 9.17) is 13.0 Å². The van der Waals surface area contributed by atoms with Crippen LogP contribution in [0.1, 0.15) is 65.2 Å². The highest BCUT2D eigenvalue weighted by molar-refractivity contribution is 5.87. The van der Waals surface area contributed by atoms with Crippen molar-refractivity contribution in [3.8, 4) is 11.5 Å². The Morgan fingerprint density at radius 1 is 1.48 bits per heavy atom. The molecule has 3 rings (SSSR count). The average molecular weight is 322 g/mol. The molecule has 124 valence electrons. The molecule has 1 aromatic rings. The van der Waals surface area contributed by atoms with Crippen molar-refractivity contribution in [3.63, 3.8) is 0 Å². The van der Waals surface area contributed by atoms with Crippen molar-refractivity contribution >= 4 is 5.97 Å². The first kappa shape index (κ1) is 10.0. The van der Waals surface area contributed by atoms with Gasteiger partial charge < -0.3 is 14.9 Å². The largest absolute Gasteiger partial charge is 0.507 e. The molecule has 1 aliphatic carbocycles. The summed E-state index contributed by atoms with van der Waals surface area (Å²) in [6.07, 6.45) is 2.76. The fraction of sp³-hybridized carbons (Fsp3) is 0.526. The van der Waals surface area contributed by atoms with E-state index in [-0.39, 0.29) is 35.5 Å². The number of carboxylic acid groups (broad SMARTS) is 1. The van der Waals surface area contributed by atoms with E-state index in [1.165, 1.54) is 6.08 Å². The molecule has 4 heteroatoms. The first-order valence-electron chi connectivity index (χ1n) is 10.8. The van der Waals surface area contributed by atoms with Crippen LogP contribution >= 0.6 is 0 Å². The molecule has 0 bridgehead atoms. The third-order valence-corrected chi connectivity index (χ3v) is 4.66. The molecule has 1 heterocycles. The molecule has 0 fully saturated rings. The fourth-order valence-electron chi connectivity index (χ4n) is 3.59. The summed E-state index contributed by atoms with van der Waals surface area (Å²) in [6.45, 7) is -4.06. The Kier molecular flexibility index (Phi) is 2.43. The Morgan fingerprint density at radius 3 is 2.91 bits per heavy atom. The summed E-state index contributed by atoms with van der Waals surface area (Å²) >= 11 is 0. The molecule has 4 nitrogen and oxygen atoms in total. The summed E-state index contributed by atoms with van der Waals surface area (Å²) in [5.41, 5.74) is -1.50. The topological polar surface area (TPSA) is 66.8 Å². The molecule has 0 unspecified atom stereocenters. The number of aromatic hydroxyl groups is 1. The molecule has 2 atom stereocenters. The van der Waals surface area contributed by atoms with Crippen molar-refractivity contribution in [3.05, 3.63) is 34.9 Å². The number of carbonyl (C=O) groups is 1. The van der Waals surface area contributed by atoms with Crippen LogP contribution in [0.4, 0.5) is 0 Å². The van der Waals surface area contributed by atoms with Crippen LogP contribution < -0.4 is 4.74 Å². The van der Waals surface area contributed by atoms with Crippen LogP contribution in [0.2, 0.25) is 0 Å². The van der Waals surface area contributed by atoms with Crippen LogP contribution in [0, 0.1) is 5.92 Å². The van der Waals surface area contributed by atoms with Crippen molar-refractivity contribution in [1.29, 1.82) is 0 Å². The number of hydrogen-bond donors (Lipinski definition) is 2. The zero-order chi connectivity index (χ0) is 21.8. The van der Waals surface area contributed by atoms with Crippen LogP contribution in [0.15, 0.2) is 23.8 Å². The van der Waals surface area contributed by atoms with Crippen molar-refractivity contribution in [1.82, 2.24) is 0 Å². The van der Waals surface area contributed by atoms with Gasteiger partial charge in [0.2, 0.25) is 0 Å². The number of fused-ring (bicyclic) bond motifs is 3. The number of phenolic OH excluding ortho intramolecular Hbond substituents is 1. The predicted molar refractivity (Wildman–Crippen MR) is 88.0 cm³/mol. The predicted octanol–water partition coefficient (Wildman–Crippen LogP) is 4.02. The van der Waals surface area contributed by atoms with E-state index >= 15 is 0 Å². The number of allylic oxidation sites excluding steroid dienone is 1. The lowest BCUT2D eigenvalue weighted by Crippen LogP contribution is -2.45. The van der Waals surface area contributed by atoms with Crippen LogP contribution in [0.3, 0.4) is 0 Å². The molecule has 0 aromatic heterocycles. The standard InChI is InChI=1S/C19H24O4/c1-4-5-11-8-15(20)17-13-10-12(18(21)22)6-7-14(13)19(2,3)23-16(17)9-11/h8-10,13-14,20H,4-7H2,1-3H3,(H,21,22)/t13-,14-/m1/s1/i2D3,3D3. The second kappa shape index (κ2) is 5.59. The minimum Gasteiger partial charge on any atom is -0.507 e. The summed E-state index contributed by atoms with van der Waals surface area (Å²) in [4.78, 5) is 11.5. The minimum absolute atomic E-state index is 0.00910. The first-order chi connectivity index (χ1) is 13.3. The minimum atomic E-state index is -3.00. The van der Waals surface area contributed by atoms with Crippen LogP contribution in [0.5, 0.6) is 11.5 Å². The number of aliphatic carboxylic acids is 1. The average Bonchev–Trinajstić information content (AvgIpc) is 2.58.